The molecule has 0 N–H and O–H groups in total. The number of hydrogen-bond acceptors (Lipinski definition) is 4. The third-order valence-corrected chi connectivity index (χ3v) is 5.44. The molecule has 8 heteroatoms. The molecule has 0 aromatic carbocycles. The van der Waals surface area contributed by atoms with Gasteiger partial charge in [-0.2, -0.15) is 0 Å². The molecule has 1 aliphatic heterocycles. The van der Waals surface area contributed by atoms with Gasteiger partial charge in [0.25, 0.3) is 0 Å². The topological polar surface area (TPSA) is 71.5 Å². The molecule has 1 rings (SSSR count). The summed E-state index contributed by atoms with van der Waals surface area (Å²) in [5, 5.41) is 0. The molecule has 90 valence electrons. The van der Waals surface area contributed by atoms with E-state index in [9.17, 15) is 16.8 Å². The summed E-state index contributed by atoms with van der Waals surface area (Å²) in [6.07, 6.45) is 1.82. The van der Waals surface area contributed by atoms with Gasteiger partial charge in [-0.15, -0.1) is 0 Å². The van der Waals surface area contributed by atoms with Crippen molar-refractivity contribution < 1.29 is 16.8 Å². The standard InChI is InChI=1S/C7H14ClNO4S2/c8-14(10,11)6-3-7-15(12,13)9-4-1-2-5-9/h1-7H2. The van der Waals surface area contributed by atoms with Crippen LogP contribution in [-0.4, -0.2) is 45.7 Å². The highest BCUT2D eigenvalue weighted by Crippen LogP contribution is 2.14. The molecule has 0 spiro atoms. The number of rotatable bonds is 5. The van der Waals surface area contributed by atoms with E-state index in [1.165, 1.54) is 4.31 Å². The van der Waals surface area contributed by atoms with E-state index in [-0.39, 0.29) is 17.9 Å². The molecule has 0 amide bonds. The first kappa shape index (κ1) is 13.2. The maximum atomic E-state index is 11.6. The SMILES string of the molecule is O=S(=O)(Cl)CCCS(=O)(=O)N1CCCC1. The van der Waals surface area contributed by atoms with Gasteiger partial charge in [0.15, 0.2) is 0 Å². The fourth-order valence-electron chi connectivity index (χ4n) is 1.51. The van der Waals surface area contributed by atoms with Crippen molar-refractivity contribution in [2.45, 2.75) is 19.3 Å². The molecule has 1 saturated heterocycles. The van der Waals surface area contributed by atoms with Crippen LogP contribution in [0, 0.1) is 0 Å². The van der Waals surface area contributed by atoms with Crippen LogP contribution in [0.25, 0.3) is 0 Å². The third-order valence-electron chi connectivity index (χ3n) is 2.25. The van der Waals surface area contributed by atoms with Gasteiger partial charge in [0, 0.05) is 23.8 Å². The van der Waals surface area contributed by atoms with Crippen LogP contribution in [0.4, 0.5) is 0 Å². The zero-order valence-corrected chi connectivity index (χ0v) is 10.6. The van der Waals surface area contributed by atoms with Crippen molar-refractivity contribution in [3.63, 3.8) is 0 Å². The molecule has 1 heterocycles. The Hall–Kier alpha value is 0.150. The summed E-state index contributed by atoms with van der Waals surface area (Å²) in [7, 11) is -1.87. The summed E-state index contributed by atoms with van der Waals surface area (Å²) in [6, 6.07) is 0. The zero-order chi connectivity index (χ0) is 11.5. The summed E-state index contributed by atoms with van der Waals surface area (Å²) in [5.74, 6) is -0.430. The summed E-state index contributed by atoms with van der Waals surface area (Å²) in [6.45, 7) is 1.10. The lowest BCUT2D eigenvalue weighted by Crippen LogP contribution is -2.30. The first-order chi connectivity index (χ1) is 6.81. The Morgan fingerprint density at radius 3 is 2.00 bits per heavy atom. The molecular formula is C7H14ClNO4S2. The lowest BCUT2D eigenvalue weighted by molar-refractivity contribution is 0.476. The van der Waals surface area contributed by atoms with Gasteiger partial charge in [0.05, 0.1) is 11.5 Å². The second-order valence-corrected chi connectivity index (χ2v) is 8.50. The molecule has 0 unspecified atom stereocenters. The van der Waals surface area contributed by atoms with E-state index in [0.29, 0.717) is 13.1 Å². The molecule has 0 bridgehead atoms. The summed E-state index contributed by atoms with van der Waals surface area (Å²) in [4.78, 5) is 0. The first-order valence-electron chi connectivity index (χ1n) is 4.71. The lowest BCUT2D eigenvalue weighted by Gasteiger charge is -2.14. The summed E-state index contributed by atoms with van der Waals surface area (Å²) in [5.41, 5.74) is 0. The van der Waals surface area contributed by atoms with Gasteiger partial charge in [-0.25, -0.2) is 21.1 Å². The lowest BCUT2D eigenvalue weighted by atomic mass is 10.4. The van der Waals surface area contributed by atoms with Crippen LogP contribution in [0.5, 0.6) is 0 Å². The van der Waals surface area contributed by atoms with Crippen LogP contribution in [0.3, 0.4) is 0 Å². The van der Waals surface area contributed by atoms with E-state index >= 15 is 0 Å². The number of halogens is 1. The van der Waals surface area contributed by atoms with Gasteiger partial charge in [-0.3, -0.25) is 0 Å². The molecule has 5 nitrogen and oxygen atoms in total. The first-order valence-corrected chi connectivity index (χ1v) is 8.80. The Bertz CT molecular complexity index is 397. The van der Waals surface area contributed by atoms with E-state index in [1.807, 2.05) is 0 Å². The van der Waals surface area contributed by atoms with Crippen LogP contribution in [0.2, 0.25) is 0 Å². The normalized spacial score (nSPS) is 19.5. The van der Waals surface area contributed by atoms with E-state index in [1.54, 1.807) is 0 Å². The fourth-order valence-corrected chi connectivity index (χ4v) is 4.09. The second kappa shape index (κ2) is 4.99. The number of hydrogen-bond donors (Lipinski definition) is 0. The Labute approximate surface area is 94.9 Å². The minimum Gasteiger partial charge on any atom is -0.212 e. The van der Waals surface area contributed by atoms with Crippen molar-refractivity contribution in [1.29, 1.82) is 0 Å². The van der Waals surface area contributed by atoms with E-state index in [2.05, 4.69) is 0 Å². The Kier molecular flexibility index (Phi) is 4.39. The third kappa shape index (κ3) is 4.67. The maximum absolute atomic E-state index is 11.6. The van der Waals surface area contributed by atoms with Crippen LogP contribution < -0.4 is 0 Å². The van der Waals surface area contributed by atoms with Gasteiger partial charge in [-0.1, -0.05) is 0 Å². The van der Waals surface area contributed by atoms with Gasteiger partial charge >= 0.3 is 0 Å². The molecule has 0 atom stereocenters. The largest absolute Gasteiger partial charge is 0.232 e. The quantitative estimate of drug-likeness (QED) is 0.680. The molecular weight excluding hydrogens is 262 g/mol. The van der Waals surface area contributed by atoms with Gasteiger partial charge in [0.2, 0.25) is 19.1 Å². The smallest absolute Gasteiger partial charge is 0.212 e. The Morgan fingerprint density at radius 1 is 1.00 bits per heavy atom. The van der Waals surface area contributed by atoms with Crippen LogP contribution >= 0.6 is 10.7 Å². The number of sulfonamides is 1. The molecule has 0 saturated carbocycles. The molecule has 0 radical (unpaired) electrons. The van der Waals surface area contributed by atoms with Gasteiger partial charge in [-0.05, 0) is 19.3 Å². The average molecular weight is 276 g/mol. The summed E-state index contributed by atoms with van der Waals surface area (Å²) < 4.78 is 45.8. The zero-order valence-electron chi connectivity index (χ0n) is 8.22. The monoisotopic (exact) mass is 275 g/mol. The van der Waals surface area contributed by atoms with Gasteiger partial charge in [0.1, 0.15) is 0 Å². The average Bonchev–Trinajstić information content (AvgIpc) is 2.52. The van der Waals surface area contributed by atoms with Crippen LogP contribution in [0.1, 0.15) is 19.3 Å². The fraction of sp³-hybridized carbons (Fsp3) is 1.00. The van der Waals surface area contributed by atoms with Crippen molar-refractivity contribution in [3.05, 3.63) is 0 Å². The molecule has 1 aliphatic rings. The highest BCUT2D eigenvalue weighted by atomic mass is 35.7. The predicted octanol–water partition coefficient (Wildman–Crippen LogP) is 0.371. The van der Waals surface area contributed by atoms with Crippen molar-refractivity contribution >= 4 is 29.8 Å². The van der Waals surface area contributed by atoms with E-state index < -0.39 is 19.1 Å². The maximum Gasteiger partial charge on any atom is 0.232 e. The number of nitrogens with zero attached hydrogens (tertiary/aromatic N) is 1. The minimum absolute atomic E-state index is 0.0602. The Morgan fingerprint density at radius 2 is 1.53 bits per heavy atom. The molecule has 0 aliphatic carbocycles. The van der Waals surface area contributed by atoms with Crippen molar-refractivity contribution in [3.8, 4) is 0 Å². The van der Waals surface area contributed by atoms with Crippen molar-refractivity contribution in [1.82, 2.24) is 4.31 Å². The molecule has 0 aromatic rings. The van der Waals surface area contributed by atoms with Crippen LogP contribution in [-0.2, 0) is 19.1 Å². The van der Waals surface area contributed by atoms with Crippen molar-refractivity contribution in [2.75, 3.05) is 24.6 Å². The van der Waals surface area contributed by atoms with Crippen LogP contribution in [0.15, 0.2) is 0 Å². The molecule has 15 heavy (non-hydrogen) atoms. The highest BCUT2D eigenvalue weighted by molar-refractivity contribution is 8.13. The molecule has 0 aromatic heterocycles. The second-order valence-electron chi connectivity index (χ2n) is 3.52. The Balaban J connectivity index is 2.43. The van der Waals surface area contributed by atoms with Gasteiger partial charge < -0.3 is 0 Å². The van der Waals surface area contributed by atoms with E-state index in [0.717, 1.165) is 12.8 Å². The summed E-state index contributed by atoms with van der Waals surface area (Å²) >= 11 is 0. The minimum atomic E-state index is -3.58. The van der Waals surface area contributed by atoms with E-state index in [4.69, 9.17) is 10.7 Å². The van der Waals surface area contributed by atoms with Crippen molar-refractivity contribution in [2.24, 2.45) is 0 Å². The molecule has 1 fully saturated rings. The predicted molar refractivity (Wildman–Crippen MR) is 58.9 cm³/mol. The highest BCUT2D eigenvalue weighted by Gasteiger charge is 2.25.